The molecule has 0 spiro atoms. The standard InChI is InChI=1S/C14H18ClNO2/c1-18-13-5-2-9(15)6-12(13)14(17)7-10-3-4-11(8-14)16-10/h2,5-6,10-11,16-17H,3-4,7-8H2,1H3. The van der Waals surface area contributed by atoms with Crippen molar-refractivity contribution >= 4 is 11.6 Å². The number of ether oxygens (including phenoxy) is 1. The highest BCUT2D eigenvalue weighted by Gasteiger charge is 2.44. The number of hydrogen-bond donors (Lipinski definition) is 2. The summed E-state index contributed by atoms with van der Waals surface area (Å²) in [6.45, 7) is 0. The summed E-state index contributed by atoms with van der Waals surface area (Å²) in [5.74, 6) is 0.725. The van der Waals surface area contributed by atoms with E-state index in [9.17, 15) is 5.11 Å². The Morgan fingerprint density at radius 2 is 2.00 bits per heavy atom. The molecule has 1 aromatic carbocycles. The lowest BCUT2D eigenvalue weighted by atomic mass is 9.81. The molecule has 98 valence electrons. The van der Waals surface area contributed by atoms with Gasteiger partial charge in [0.15, 0.2) is 0 Å². The zero-order valence-corrected chi connectivity index (χ0v) is 11.2. The monoisotopic (exact) mass is 267 g/mol. The van der Waals surface area contributed by atoms with Crippen molar-refractivity contribution in [2.75, 3.05) is 7.11 Å². The van der Waals surface area contributed by atoms with Gasteiger partial charge in [0.1, 0.15) is 5.75 Å². The van der Waals surface area contributed by atoms with Gasteiger partial charge in [-0.2, -0.15) is 0 Å². The third-order valence-corrected chi connectivity index (χ3v) is 4.40. The summed E-state index contributed by atoms with van der Waals surface area (Å²) < 4.78 is 5.37. The first-order valence-corrected chi connectivity index (χ1v) is 6.81. The van der Waals surface area contributed by atoms with Gasteiger partial charge in [0.2, 0.25) is 0 Å². The van der Waals surface area contributed by atoms with Gasteiger partial charge in [-0.05, 0) is 43.9 Å². The third kappa shape index (κ3) is 2.00. The molecular formula is C14H18ClNO2. The van der Waals surface area contributed by atoms with Crippen LogP contribution < -0.4 is 10.1 Å². The zero-order valence-electron chi connectivity index (χ0n) is 10.4. The molecule has 0 aliphatic carbocycles. The Hall–Kier alpha value is -0.770. The van der Waals surface area contributed by atoms with E-state index < -0.39 is 5.60 Å². The van der Waals surface area contributed by atoms with Gasteiger partial charge < -0.3 is 15.2 Å². The van der Waals surface area contributed by atoms with Crippen LogP contribution in [0.15, 0.2) is 18.2 Å². The number of fused-ring (bicyclic) bond motifs is 2. The molecule has 2 aliphatic heterocycles. The molecule has 3 rings (SSSR count). The first kappa shape index (κ1) is 12.3. The number of benzene rings is 1. The maximum absolute atomic E-state index is 11.0. The molecule has 2 fully saturated rings. The van der Waals surface area contributed by atoms with E-state index >= 15 is 0 Å². The predicted molar refractivity (Wildman–Crippen MR) is 71.1 cm³/mol. The molecule has 0 amide bonds. The quantitative estimate of drug-likeness (QED) is 0.865. The third-order valence-electron chi connectivity index (χ3n) is 4.17. The Morgan fingerprint density at radius 1 is 1.33 bits per heavy atom. The average Bonchev–Trinajstić information content (AvgIpc) is 2.69. The predicted octanol–water partition coefficient (Wildman–Crippen LogP) is 2.45. The Morgan fingerprint density at radius 3 is 2.61 bits per heavy atom. The number of methoxy groups -OCH3 is 1. The van der Waals surface area contributed by atoms with Gasteiger partial charge >= 0.3 is 0 Å². The van der Waals surface area contributed by atoms with Crippen LogP contribution in [0.25, 0.3) is 0 Å². The van der Waals surface area contributed by atoms with Gasteiger partial charge in [-0.15, -0.1) is 0 Å². The Kier molecular flexibility index (Phi) is 3.00. The lowest BCUT2D eigenvalue weighted by Crippen LogP contribution is -2.46. The van der Waals surface area contributed by atoms with Crippen molar-refractivity contribution in [1.29, 1.82) is 0 Å². The molecule has 2 saturated heterocycles. The smallest absolute Gasteiger partial charge is 0.125 e. The van der Waals surface area contributed by atoms with E-state index in [2.05, 4.69) is 5.32 Å². The molecule has 2 aliphatic rings. The van der Waals surface area contributed by atoms with Gasteiger partial charge in [0.25, 0.3) is 0 Å². The van der Waals surface area contributed by atoms with E-state index in [-0.39, 0.29) is 0 Å². The molecular weight excluding hydrogens is 250 g/mol. The van der Waals surface area contributed by atoms with Crippen LogP contribution >= 0.6 is 11.6 Å². The van der Waals surface area contributed by atoms with E-state index in [1.807, 2.05) is 12.1 Å². The van der Waals surface area contributed by atoms with E-state index in [0.717, 1.165) is 37.0 Å². The summed E-state index contributed by atoms with van der Waals surface area (Å²) >= 11 is 6.06. The van der Waals surface area contributed by atoms with Crippen molar-refractivity contribution < 1.29 is 9.84 Å². The summed E-state index contributed by atoms with van der Waals surface area (Å²) in [7, 11) is 1.63. The minimum Gasteiger partial charge on any atom is -0.496 e. The maximum atomic E-state index is 11.0. The minimum absolute atomic E-state index is 0.414. The van der Waals surface area contributed by atoms with E-state index in [4.69, 9.17) is 16.3 Å². The second-order valence-electron chi connectivity index (χ2n) is 5.42. The van der Waals surface area contributed by atoms with Crippen LogP contribution in [-0.2, 0) is 5.60 Å². The highest BCUT2D eigenvalue weighted by molar-refractivity contribution is 6.30. The molecule has 0 aromatic heterocycles. The average molecular weight is 268 g/mol. The molecule has 0 radical (unpaired) electrons. The van der Waals surface area contributed by atoms with Crippen molar-refractivity contribution in [2.45, 2.75) is 43.4 Å². The van der Waals surface area contributed by atoms with E-state index in [1.54, 1.807) is 13.2 Å². The number of aliphatic hydroxyl groups is 1. The topological polar surface area (TPSA) is 41.5 Å². The second kappa shape index (κ2) is 4.41. The van der Waals surface area contributed by atoms with Gasteiger partial charge in [-0.3, -0.25) is 0 Å². The number of halogens is 1. The fourth-order valence-corrected chi connectivity index (χ4v) is 3.56. The summed E-state index contributed by atoms with van der Waals surface area (Å²) in [6.07, 6.45) is 3.77. The van der Waals surface area contributed by atoms with Crippen LogP contribution in [0.4, 0.5) is 0 Å². The summed E-state index contributed by atoms with van der Waals surface area (Å²) in [5, 5.41) is 15.2. The molecule has 18 heavy (non-hydrogen) atoms. The second-order valence-corrected chi connectivity index (χ2v) is 5.86. The fourth-order valence-electron chi connectivity index (χ4n) is 3.39. The molecule has 2 atom stereocenters. The number of rotatable bonds is 2. The molecule has 4 heteroatoms. The van der Waals surface area contributed by atoms with Gasteiger partial charge in [-0.25, -0.2) is 0 Å². The molecule has 2 bridgehead atoms. The molecule has 0 saturated carbocycles. The van der Waals surface area contributed by atoms with Crippen LogP contribution in [-0.4, -0.2) is 24.3 Å². The number of nitrogens with one attached hydrogen (secondary N) is 1. The molecule has 2 N–H and O–H groups in total. The fraction of sp³-hybridized carbons (Fsp3) is 0.571. The largest absolute Gasteiger partial charge is 0.496 e. The lowest BCUT2D eigenvalue weighted by Gasteiger charge is -2.38. The van der Waals surface area contributed by atoms with Crippen LogP contribution in [0.1, 0.15) is 31.2 Å². The van der Waals surface area contributed by atoms with Crippen molar-refractivity contribution in [2.24, 2.45) is 0 Å². The van der Waals surface area contributed by atoms with Crippen molar-refractivity contribution in [3.8, 4) is 5.75 Å². The summed E-state index contributed by atoms with van der Waals surface area (Å²) in [5.41, 5.74) is 0.0174. The van der Waals surface area contributed by atoms with Crippen LogP contribution in [0.3, 0.4) is 0 Å². The summed E-state index contributed by atoms with van der Waals surface area (Å²) in [4.78, 5) is 0. The Balaban J connectivity index is 2.00. The Labute approximate surface area is 112 Å². The molecule has 3 nitrogen and oxygen atoms in total. The Bertz CT molecular complexity index is 451. The van der Waals surface area contributed by atoms with E-state index in [1.165, 1.54) is 0 Å². The van der Waals surface area contributed by atoms with Gasteiger partial charge in [0, 0.05) is 22.7 Å². The SMILES string of the molecule is COc1ccc(Cl)cc1C1(O)CC2CCC(C1)N2. The highest BCUT2D eigenvalue weighted by atomic mass is 35.5. The van der Waals surface area contributed by atoms with Gasteiger partial charge in [0.05, 0.1) is 12.7 Å². The molecule has 1 aromatic rings. The number of piperidine rings is 1. The van der Waals surface area contributed by atoms with Crippen LogP contribution in [0, 0.1) is 0 Å². The lowest BCUT2D eigenvalue weighted by molar-refractivity contribution is -0.0132. The maximum Gasteiger partial charge on any atom is 0.125 e. The number of hydrogen-bond acceptors (Lipinski definition) is 3. The van der Waals surface area contributed by atoms with Crippen LogP contribution in [0.5, 0.6) is 5.75 Å². The summed E-state index contributed by atoms with van der Waals surface area (Å²) in [6, 6.07) is 6.29. The van der Waals surface area contributed by atoms with Crippen LogP contribution in [0.2, 0.25) is 5.02 Å². The van der Waals surface area contributed by atoms with Gasteiger partial charge in [-0.1, -0.05) is 11.6 Å². The molecule has 2 unspecified atom stereocenters. The normalized spacial score (nSPS) is 34.6. The first-order chi connectivity index (χ1) is 8.60. The van der Waals surface area contributed by atoms with Crippen molar-refractivity contribution in [3.63, 3.8) is 0 Å². The highest BCUT2D eigenvalue weighted by Crippen LogP contribution is 2.44. The van der Waals surface area contributed by atoms with Crippen molar-refractivity contribution in [1.82, 2.24) is 5.32 Å². The first-order valence-electron chi connectivity index (χ1n) is 6.43. The van der Waals surface area contributed by atoms with Crippen molar-refractivity contribution in [3.05, 3.63) is 28.8 Å². The molecule has 2 heterocycles. The van der Waals surface area contributed by atoms with E-state index in [0.29, 0.717) is 17.1 Å². The minimum atomic E-state index is -0.812. The zero-order chi connectivity index (χ0) is 12.8.